The zero-order valence-electron chi connectivity index (χ0n) is 25.3. The van der Waals surface area contributed by atoms with Crippen LogP contribution in [0.15, 0.2) is 69.9 Å². The molecular formula is C33H56O3S. The lowest BCUT2D eigenvalue weighted by molar-refractivity contribution is 0.315. The fourth-order valence-corrected chi connectivity index (χ4v) is 4.38. The zero-order chi connectivity index (χ0) is 28.1. The first-order chi connectivity index (χ1) is 17.4. The van der Waals surface area contributed by atoms with Crippen molar-refractivity contribution in [1.82, 2.24) is 0 Å². The number of hydrogen-bond donors (Lipinski definition) is 0. The second-order valence-corrected chi connectivity index (χ2v) is 12.5. The summed E-state index contributed by atoms with van der Waals surface area (Å²) in [6.07, 6.45) is 28.2. The van der Waals surface area contributed by atoms with Crippen molar-refractivity contribution in [2.45, 2.75) is 126 Å². The van der Waals surface area contributed by atoms with Gasteiger partial charge in [0, 0.05) is 0 Å². The van der Waals surface area contributed by atoms with E-state index >= 15 is 0 Å². The van der Waals surface area contributed by atoms with Gasteiger partial charge >= 0.3 is 0 Å². The molecule has 212 valence electrons. The molecule has 0 heterocycles. The van der Waals surface area contributed by atoms with Crippen LogP contribution in [0.3, 0.4) is 0 Å². The van der Waals surface area contributed by atoms with Crippen molar-refractivity contribution in [3.8, 4) is 0 Å². The van der Waals surface area contributed by atoms with Gasteiger partial charge in [0.25, 0.3) is 10.1 Å². The SMILES string of the molecule is CC(C)=CCCC(C)=CCC/C(C)=C/CC/C=C(\C)CC/C=C(\C)CC/C=C(\C)CCCOS(C)(=O)=O. The Hall–Kier alpha value is -1.65. The van der Waals surface area contributed by atoms with Gasteiger partial charge < -0.3 is 0 Å². The third kappa shape index (κ3) is 25.8. The summed E-state index contributed by atoms with van der Waals surface area (Å²) in [5, 5.41) is 0. The number of allylic oxidation sites excluding steroid dienone is 12. The lowest BCUT2D eigenvalue weighted by atomic mass is 10.0. The van der Waals surface area contributed by atoms with E-state index in [1.54, 1.807) is 0 Å². The Kier molecular flexibility index (Phi) is 20.4. The molecule has 0 fully saturated rings. The largest absolute Gasteiger partial charge is 0.270 e. The smallest absolute Gasteiger partial charge is 0.264 e. The summed E-state index contributed by atoms with van der Waals surface area (Å²) in [6.45, 7) is 15.7. The van der Waals surface area contributed by atoms with E-state index in [4.69, 9.17) is 4.18 Å². The molecule has 0 aliphatic carbocycles. The highest BCUT2D eigenvalue weighted by Gasteiger charge is 2.01. The Labute approximate surface area is 230 Å². The van der Waals surface area contributed by atoms with Gasteiger partial charge in [0.15, 0.2) is 0 Å². The molecule has 0 aromatic carbocycles. The molecular weight excluding hydrogens is 476 g/mol. The monoisotopic (exact) mass is 532 g/mol. The first kappa shape index (κ1) is 35.4. The summed E-state index contributed by atoms with van der Waals surface area (Å²) in [7, 11) is -3.32. The number of rotatable bonds is 20. The van der Waals surface area contributed by atoms with Gasteiger partial charge in [-0.05, 0) is 126 Å². The molecule has 0 aliphatic rings. The van der Waals surface area contributed by atoms with Gasteiger partial charge in [-0.25, -0.2) is 0 Å². The lowest BCUT2D eigenvalue weighted by Gasteiger charge is -2.04. The molecule has 0 spiro atoms. The first-order valence-electron chi connectivity index (χ1n) is 14.1. The standard InChI is InChI=1S/C33H56O3S/c1-28(2)16-11-19-31(5)22-12-20-29(3)17-9-10-18-30(4)21-13-23-32(6)24-14-25-33(7)26-15-27-36-37(8,34)35/h16-18,22-23,25H,9-15,19-21,24,26-27H2,1-8H3/b29-17+,30-18+,31-22?,32-23+,33-25+. The second-order valence-electron chi connectivity index (χ2n) is 10.9. The van der Waals surface area contributed by atoms with E-state index in [9.17, 15) is 8.42 Å². The number of unbranched alkanes of at least 4 members (excludes halogenated alkanes) is 1. The van der Waals surface area contributed by atoms with Gasteiger partial charge in [0.2, 0.25) is 0 Å². The molecule has 0 aliphatic heterocycles. The Balaban J connectivity index is 4.10. The van der Waals surface area contributed by atoms with Gasteiger partial charge in [-0.3, -0.25) is 4.18 Å². The van der Waals surface area contributed by atoms with Crippen LogP contribution in [0.4, 0.5) is 0 Å². The van der Waals surface area contributed by atoms with Crippen molar-refractivity contribution in [3.63, 3.8) is 0 Å². The summed E-state index contributed by atoms with van der Waals surface area (Å²) in [5.74, 6) is 0. The van der Waals surface area contributed by atoms with E-state index in [1.807, 2.05) is 0 Å². The maximum Gasteiger partial charge on any atom is 0.264 e. The summed E-state index contributed by atoms with van der Waals surface area (Å²) < 4.78 is 26.7. The van der Waals surface area contributed by atoms with Gasteiger partial charge in [0.1, 0.15) is 0 Å². The van der Waals surface area contributed by atoms with Gasteiger partial charge in [0.05, 0.1) is 12.9 Å². The molecule has 0 aromatic rings. The van der Waals surface area contributed by atoms with Crippen molar-refractivity contribution < 1.29 is 12.6 Å². The van der Waals surface area contributed by atoms with Crippen LogP contribution >= 0.6 is 0 Å². The molecule has 0 unspecified atom stereocenters. The van der Waals surface area contributed by atoms with Crippen molar-refractivity contribution in [2.75, 3.05) is 12.9 Å². The molecule has 0 N–H and O–H groups in total. The van der Waals surface area contributed by atoms with E-state index in [0.717, 1.165) is 70.5 Å². The Morgan fingerprint density at radius 2 is 0.838 bits per heavy atom. The van der Waals surface area contributed by atoms with Crippen molar-refractivity contribution in [3.05, 3.63) is 69.9 Å². The molecule has 0 bridgehead atoms. The van der Waals surface area contributed by atoms with Crippen LogP contribution in [-0.4, -0.2) is 21.3 Å². The molecule has 0 amide bonds. The first-order valence-corrected chi connectivity index (χ1v) is 16.0. The van der Waals surface area contributed by atoms with E-state index in [-0.39, 0.29) is 6.61 Å². The predicted molar refractivity (Wildman–Crippen MR) is 164 cm³/mol. The van der Waals surface area contributed by atoms with Crippen LogP contribution < -0.4 is 0 Å². The van der Waals surface area contributed by atoms with Crippen molar-refractivity contribution in [2.24, 2.45) is 0 Å². The van der Waals surface area contributed by atoms with Crippen LogP contribution in [0.25, 0.3) is 0 Å². The Morgan fingerprint density at radius 3 is 1.19 bits per heavy atom. The molecule has 0 radical (unpaired) electrons. The molecule has 0 saturated heterocycles. The third-order valence-corrected chi connectivity index (χ3v) is 6.95. The topological polar surface area (TPSA) is 43.4 Å². The van der Waals surface area contributed by atoms with Gasteiger partial charge in [-0.2, -0.15) is 8.42 Å². The molecule has 0 aromatic heterocycles. The van der Waals surface area contributed by atoms with E-state index in [1.165, 1.54) is 46.3 Å². The minimum absolute atomic E-state index is 0.264. The molecule has 0 rings (SSSR count). The molecule has 0 saturated carbocycles. The maximum absolute atomic E-state index is 11.0. The molecule has 37 heavy (non-hydrogen) atoms. The van der Waals surface area contributed by atoms with Crippen LogP contribution in [0.1, 0.15) is 126 Å². The second kappa shape index (κ2) is 21.3. The molecule has 3 nitrogen and oxygen atoms in total. The highest BCUT2D eigenvalue weighted by atomic mass is 32.2. The lowest BCUT2D eigenvalue weighted by Crippen LogP contribution is -2.04. The van der Waals surface area contributed by atoms with Crippen LogP contribution in [0, 0.1) is 0 Å². The summed E-state index contributed by atoms with van der Waals surface area (Å²) in [4.78, 5) is 0. The van der Waals surface area contributed by atoms with Gasteiger partial charge in [-0.15, -0.1) is 0 Å². The number of hydrogen-bond acceptors (Lipinski definition) is 3. The van der Waals surface area contributed by atoms with Crippen LogP contribution in [0.2, 0.25) is 0 Å². The minimum atomic E-state index is -3.32. The predicted octanol–water partition coefficient (Wildman–Crippen LogP) is 10.3. The summed E-state index contributed by atoms with van der Waals surface area (Å²) in [5.41, 5.74) is 8.65. The van der Waals surface area contributed by atoms with Crippen LogP contribution in [0.5, 0.6) is 0 Å². The van der Waals surface area contributed by atoms with E-state index < -0.39 is 10.1 Å². The van der Waals surface area contributed by atoms with Crippen LogP contribution in [-0.2, 0) is 14.3 Å². The average molecular weight is 533 g/mol. The van der Waals surface area contributed by atoms with E-state index in [2.05, 4.69) is 84.9 Å². The fourth-order valence-electron chi connectivity index (χ4n) is 3.96. The van der Waals surface area contributed by atoms with E-state index in [0.29, 0.717) is 0 Å². The highest BCUT2D eigenvalue weighted by Crippen LogP contribution is 2.15. The Morgan fingerprint density at radius 1 is 0.514 bits per heavy atom. The summed E-state index contributed by atoms with van der Waals surface area (Å²) >= 11 is 0. The fraction of sp³-hybridized carbons (Fsp3) is 0.636. The minimum Gasteiger partial charge on any atom is -0.270 e. The summed E-state index contributed by atoms with van der Waals surface area (Å²) in [6, 6.07) is 0. The molecule has 4 heteroatoms. The average Bonchev–Trinajstić information content (AvgIpc) is 2.79. The quantitative estimate of drug-likeness (QED) is 0.0889. The normalized spacial score (nSPS) is 14.3. The Bertz CT molecular complexity index is 921. The maximum atomic E-state index is 11.0. The highest BCUT2D eigenvalue weighted by molar-refractivity contribution is 7.85. The van der Waals surface area contributed by atoms with Crippen molar-refractivity contribution in [1.29, 1.82) is 0 Å². The zero-order valence-corrected chi connectivity index (χ0v) is 26.1. The van der Waals surface area contributed by atoms with Crippen molar-refractivity contribution >= 4 is 10.1 Å². The van der Waals surface area contributed by atoms with Gasteiger partial charge in [-0.1, -0.05) is 69.9 Å². The molecule has 0 atom stereocenters. The third-order valence-electron chi connectivity index (χ3n) is 6.35.